The summed E-state index contributed by atoms with van der Waals surface area (Å²) in [6.07, 6.45) is 3.27. The minimum atomic E-state index is -4.35. The Kier molecular flexibility index (Phi) is 4.55. The first-order valence-corrected chi connectivity index (χ1v) is 6.72. The van der Waals surface area contributed by atoms with Gasteiger partial charge in [-0.15, -0.1) is 0 Å². The second-order valence-electron chi connectivity index (χ2n) is 5.06. The van der Waals surface area contributed by atoms with Crippen molar-refractivity contribution >= 4 is 0 Å². The zero-order valence-electron chi connectivity index (χ0n) is 11.1. The SMILES string of the molecule is [N-]=[N+]=NCC1=CC(C(F)(F)F)=C(C2=CCCCC2)CC1. The van der Waals surface area contributed by atoms with Gasteiger partial charge in [-0.25, -0.2) is 0 Å². The second kappa shape index (κ2) is 6.18. The molecule has 0 heterocycles. The van der Waals surface area contributed by atoms with Crippen LogP contribution in [-0.2, 0) is 0 Å². The van der Waals surface area contributed by atoms with E-state index in [4.69, 9.17) is 5.53 Å². The van der Waals surface area contributed by atoms with Crippen molar-refractivity contribution in [1.29, 1.82) is 0 Å². The maximum absolute atomic E-state index is 13.2. The molecule has 20 heavy (non-hydrogen) atoms. The van der Waals surface area contributed by atoms with Crippen molar-refractivity contribution in [3.63, 3.8) is 0 Å². The summed E-state index contributed by atoms with van der Waals surface area (Å²) < 4.78 is 39.6. The molecule has 2 aliphatic carbocycles. The van der Waals surface area contributed by atoms with E-state index < -0.39 is 11.7 Å². The number of hydrogen-bond acceptors (Lipinski definition) is 1. The van der Waals surface area contributed by atoms with E-state index in [0.717, 1.165) is 31.3 Å². The highest BCUT2D eigenvalue weighted by Gasteiger charge is 2.37. The summed E-state index contributed by atoms with van der Waals surface area (Å²) in [5.74, 6) is 0. The van der Waals surface area contributed by atoms with Crippen molar-refractivity contribution in [2.45, 2.75) is 44.7 Å². The smallest absolute Gasteiger partial charge is 0.166 e. The van der Waals surface area contributed by atoms with Crippen LogP contribution in [0.2, 0.25) is 0 Å². The Morgan fingerprint density at radius 3 is 2.60 bits per heavy atom. The van der Waals surface area contributed by atoms with Crippen LogP contribution in [0.5, 0.6) is 0 Å². The average Bonchev–Trinajstić information content (AvgIpc) is 2.45. The molecule has 0 N–H and O–H groups in total. The predicted molar refractivity (Wildman–Crippen MR) is 71.0 cm³/mol. The third-order valence-electron chi connectivity index (χ3n) is 3.69. The van der Waals surface area contributed by atoms with Gasteiger partial charge in [0.25, 0.3) is 0 Å². The normalized spacial score (nSPS) is 20.1. The molecule has 0 unspecified atom stereocenters. The fourth-order valence-electron chi connectivity index (χ4n) is 2.73. The molecule has 0 aliphatic heterocycles. The molecule has 0 saturated carbocycles. The first-order chi connectivity index (χ1) is 9.52. The minimum absolute atomic E-state index is 0.0163. The molecule has 0 saturated heterocycles. The quantitative estimate of drug-likeness (QED) is 0.379. The van der Waals surface area contributed by atoms with Crippen LogP contribution in [0.1, 0.15) is 38.5 Å². The Balaban J connectivity index is 2.38. The lowest BCUT2D eigenvalue weighted by atomic mass is 9.83. The van der Waals surface area contributed by atoms with E-state index in [-0.39, 0.29) is 6.54 Å². The van der Waals surface area contributed by atoms with Crippen LogP contribution >= 0.6 is 0 Å². The molecule has 0 atom stereocenters. The van der Waals surface area contributed by atoms with Crippen LogP contribution in [-0.4, -0.2) is 12.7 Å². The highest BCUT2D eigenvalue weighted by Crippen LogP contribution is 2.40. The van der Waals surface area contributed by atoms with E-state index in [9.17, 15) is 13.2 Å². The molecular weight excluding hydrogens is 267 g/mol. The van der Waals surface area contributed by atoms with Crippen molar-refractivity contribution in [3.05, 3.63) is 44.9 Å². The van der Waals surface area contributed by atoms with E-state index >= 15 is 0 Å². The molecule has 2 rings (SSSR count). The van der Waals surface area contributed by atoms with Crippen molar-refractivity contribution in [2.75, 3.05) is 6.54 Å². The number of nitrogens with zero attached hydrogens (tertiary/aromatic N) is 3. The number of allylic oxidation sites excluding steroid dienone is 5. The molecule has 3 nitrogen and oxygen atoms in total. The van der Waals surface area contributed by atoms with E-state index in [2.05, 4.69) is 10.0 Å². The van der Waals surface area contributed by atoms with Crippen LogP contribution in [0.15, 0.2) is 39.6 Å². The molecule has 0 radical (unpaired) electrons. The van der Waals surface area contributed by atoms with Crippen molar-refractivity contribution in [3.8, 4) is 0 Å². The molecule has 0 spiro atoms. The van der Waals surface area contributed by atoms with Gasteiger partial charge in [-0.2, -0.15) is 13.2 Å². The summed E-state index contributed by atoms with van der Waals surface area (Å²) in [6.45, 7) is 0.0163. The number of halogens is 3. The molecule has 108 valence electrons. The molecule has 0 aromatic carbocycles. The highest BCUT2D eigenvalue weighted by molar-refractivity contribution is 5.47. The van der Waals surface area contributed by atoms with Gasteiger partial charge in [-0.3, -0.25) is 0 Å². The number of rotatable bonds is 3. The van der Waals surface area contributed by atoms with Gasteiger partial charge in [0.15, 0.2) is 0 Å². The van der Waals surface area contributed by atoms with Gasteiger partial charge in [0, 0.05) is 11.5 Å². The van der Waals surface area contributed by atoms with Crippen molar-refractivity contribution < 1.29 is 13.2 Å². The zero-order valence-corrected chi connectivity index (χ0v) is 11.1. The Labute approximate surface area is 115 Å². The van der Waals surface area contributed by atoms with E-state index in [1.54, 1.807) is 0 Å². The second-order valence-corrected chi connectivity index (χ2v) is 5.06. The molecular formula is C14H16F3N3. The van der Waals surface area contributed by atoms with E-state index in [0.29, 0.717) is 24.0 Å². The fourth-order valence-corrected chi connectivity index (χ4v) is 2.73. The summed E-state index contributed by atoms with van der Waals surface area (Å²) in [5, 5.41) is 3.36. The third kappa shape index (κ3) is 3.45. The summed E-state index contributed by atoms with van der Waals surface area (Å²) in [6, 6.07) is 0. The van der Waals surface area contributed by atoms with Gasteiger partial charge in [0.2, 0.25) is 0 Å². The first-order valence-electron chi connectivity index (χ1n) is 6.72. The summed E-state index contributed by atoms with van der Waals surface area (Å²) in [7, 11) is 0. The third-order valence-corrected chi connectivity index (χ3v) is 3.69. The molecule has 0 amide bonds. The highest BCUT2D eigenvalue weighted by atomic mass is 19.4. The van der Waals surface area contributed by atoms with Gasteiger partial charge in [-0.05, 0) is 55.2 Å². The Bertz CT molecular complexity index is 520. The Morgan fingerprint density at radius 1 is 1.20 bits per heavy atom. The van der Waals surface area contributed by atoms with E-state index in [1.165, 1.54) is 6.08 Å². The first kappa shape index (κ1) is 14.7. The van der Waals surface area contributed by atoms with E-state index in [1.807, 2.05) is 6.08 Å². The monoisotopic (exact) mass is 283 g/mol. The lowest BCUT2D eigenvalue weighted by Gasteiger charge is -2.25. The predicted octanol–water partition coefficient (Wildman–Crippen LogP) is 5.38. The molecule has 0 fully saturated rings. The molecule has 0 aromatic rings. The standard InChI is InChI=1S/C14H16F3N3/c15-14(16,17)13-8-10(9-19-20-18)6-7-12(13)11-4-2-1-3-5-11/h4,8H,1-3,5-7,9H2. The molecule has 0 aromatic heterocycles. The van der Waals surface area contributed by atoms with Gasteiger partial charge in [-0.1, -0.05) is 22.8 Å². The maximum Gasteiger partial charge on any atom is 0.416 e. The number of azide groups is 1. The summed E-state index contributed by atoms with van der Waals surface area (Å²) in [4.78, 5) is 2.60. The largest absolute Gasteiger partial charge is 0.416 e. The van der Waals surface area contributed by atoms with Crippen LogP contribution in [0.4, 0.5) is 13.2 Å². The van der Waals surface area contributed by atoms with Crippen molar-refractivity contribution in [2.24, 2.45) is 5.11 Å². The molecule has 2 aliphatic rings. The number of alkyl halides is 3. The summed E-state index contributed by atoms with van der Waals surface area (Å²) >= 11 is 0. The van der Waals surface area contributed by atoms with Gasteiger partial charge in [0.1, 0.15) is 0 Å². The topological polar surface area (TPSA) is 48.8 Å². The minimum Gasteiger partial charge on any atom is -0.166 e. The van der Waals surface area contributed by atoms with Crippen LogP contribution in [0, 0.1) is 0 Å². The van der Waals surface area contributed by atoms with Gasteiger partial charge in [0.05, 0.1) is 5.57 Å². The fraction of sp³-hybridized carbons (Fsp3) is 0.571. The number of hydrogen-bond donors (Lipinski definition) is 0. The Morgan fingerprint density at radius 2 is 2.00 bits per heavy atom. The maximum atomic E-state index is 13.2. The lowest BCUT2D eigenvalue weighted by Crippen LogP contribution is -2.18. The van der Waals surface area contributed by atoms with Gasteiger partial charge < -0.3 is 0 Å². The van der Waals surface area contributed by atoms with Crippen LogP contribution in [0.25, 0.3) is 10.4 Å². The molecule has 0 bridgehead atoms. The zero-order chi connectivity index (χ0) is 14.6. The average molecular weight is 283 g/mol. The van der Waals surface area contributed by atoms with Crippen molar-refractivity contribution in [1.82, 2.24) is 0 Å². The Hall–Kier alpha value is -1.68. The van der Waals surface area contributed by atoms with Gasteiger partial charge >= 0.3 is 6.18 Å². The summed E-state index contributed by atoms with van der Waals surface area (Å²) in [5.41, 5.74) is 9.54. The lowest BCUT2D eigenvalue weighted by molar-refractivity contribution is -0.0893. The van der Waals surface area contributed by atoms with Crippen LogP contribution in [0.3, 0.4) is 0 Å². The van der Waals surface area contributed by atoms with Crippen LogP contribution < -0.4 is 0 Å². The molecule has 6 heteroatoms.